The SMILES string of the molecule is COc1ccnc(C(=O)N[C@H]2COC[C@H](Cc3cccc4ccccc34)[C@@H](OCC(C)C)[C@H](C)OC2=O)c1OCOC(C)=O. The van der Waals surface area contributed by atoms with Crippen molar-refractivity contribution in [3.05, 3.63) is 66.0 Å². The Morgan fingerprint density at radius 2 is 1.86 bits per heavy atom. The lowest BCUT2D eigenvalue weighted by atomic mass is 9.89. The lowest BCUT2D eigenvalue weighted by Gasteiger charge is -2.31. The molecular weight excluding hydrogens is 568 g/mol. The van der Waals surface area contributed by atoms with Gasteiger partial charge in [-0.2, -0.15) is 0 Å². The van der Waals surface area contributed by atoms with Crippen molar-refractivity contribution in [1.29, 1.82) is 0 Å². The molecule has 44 heavy (non-hydrogen) atoms. The summed E-state index contributed by atoms with van der Waals surface area (Å²) in [5.41, 5.74) is 0.979. The minimum absolute atomic E-state index is 0.0447. The smallest absolute Gasteiger partial charge is 0.331 e. The predicted molar refractivity (Wildman–Crippen MR) is 161 cm³/mol. The topological polar surface area (TPSA) is 132 Å². The van der Waals surface area contributed by atoms with Gasteiger partial charge in [-0.15, -0.1) is 0 Å². The van der Waals surface area contributed by atoms with Crippen molar-refractivity contribution in [1.82, 2.24) is 10.3 Å². The summed E-state index contributed by atoms with van der Waals surface area (Å²) in [6, 6.07) is 14.7. The molecule has 1 fully saturated rings. The molecule has 1 amide bonds. The third-order valence-corrected chi connectivity index (χ3v) is 7.19. The number of pyridine rings is 1. The lowest BCUT2D eigenvalue weighted by Crippen LogP contribution is -2.46. The molecule has 2 aromatic carbocycles. The number of esters is 2. The predicted octanol–water partition coefficient (Wildman–Crippen LogP) is 4.10. The average molecular weight is 609 g/mol. The Labute approximate surface area is 257 Å². The van der Waals surface area contributed by atoms with Crippen LogP contribution in [0.1, 0.15) is 43.7 Å². The maximum atomic E-state index is 13.4. The number of benzene rings is 2. The molecule has 11 nitrogen and oxygen atoms in total. The summed E-state index contributed by atoms with van der Waals surface area (Å²) in [5, 5.41) is 4.94. The van der Waals surface area contributed by atoms with E-state index in [0.29, 0.717) is 13.0 Å². The highest BCUT2D eigenvalue weighted by Gasteiger charge is 2.36. The van der Waals surface area contributed by atoms with Gasteiger partial charge in [0, 0.05) is 31.7 Å². The van der Waals surface area contributed by atoms with E-state index in [-0.39, 0.29) is 42.2 Å². The summed E-state index contributed by atoms with van der Waals surface area (Å²) in [6.45, 7) is 7.31. The fourth-order valence-corrected chi connectivity index (χ4v) is 5.11. The molecule has 0 aliphatic carbocycles. The normalized spacial score (nSPS) is 20.6. The average Bonchev–Trinajstić information content (AvgIpc) is 3.04. The fraction of sp³-hybridized carbons (Fsp3) is 0.455. The summed E-state index contributed by atoms with van der Waals surface area (Å²) in [5.74, 6) is -1.67. The number of aromatic nitrogens is 1. The molecule has 0 spiro atoms. The maximum Gasteiger partial charge on any atom is 0.331 e. The van der Waals surface area contributed by atoms with Crippen LogP contribution in [0, 0.1) is 11.8 Å². The quantitative estimate of drug-likeness (QED) is 0.251. The number of ether oxygens (including phenoxy) is 6. The molecule has 1 aliphatic heterocycles. The highest BCUT2D eigenvalue weighted by Crippen LogP contribution is 2.30. The molecule has 11 heteroatoms. The summed E-state index contributed by atoms with van der Waals surface area (Å²) in [6.07, 6.45) is 0.928. The Balaban J connectivity index is 1.55. The van der Waals surface area contributed by atoms with Crippen LogP contribution in [0.25, 0.3) is 10.8 Å². The molecule has 4 rings (SSSR count). The van der Waals surface area contributed by atoms with Gasteiger partial charge in [0.05, 0.1) is 26.4 Å². The van der Waals surface area contributed by atoms with Crippen LogP contribution in [0.2, 0.25) is 0 Å². The zero-order chi connectivity index (χ0) is 31.6. The molecule has 1 saturated heterocycles. The van der Waals surface area contributed by atoms with Crippen LogP contribution in [0.3, 0.4) is 0 Å². The first kappa shape index (κ1) is 32.7. The van der Waals surface area contributed by atoms with Crippen LogP contribution in [0.5, 0.6) is 11.5 Å². The summed E-state index contributed by atoms with van der Waals surface area (Å²) < 4.78 is 34.0. The minimum atomic E-state index is -1.14. The van der Waals surface area contributed by atoms with Crippen LogP contribution in [-0.2, 0) is 35.0 Å². The van der Waals surface area contributed by atoms with Gasteiger partial charge in [-0.05, 0) is 35.6 Å². The first-order valence-electron chi connectivity index (χ1n) is 14.6. The van der Waals surface area contributed by atoms with E-state index in [4.69, 9.17) is 28.4 Å². The van der Waals surface area contributed by atoms with Gasteiger partial charge in [0.25, 0.3) is 5.91 Å². The highest BCUT2D eigenvalue weighted by molar-refractivity contribution is 5.98. The van der Waals surface area contributed by atoms with Crippen molar-refractivity contribution in [3.63, 3.8) is 0 Å². The first-order valence-corrected chi connectivity index (χ1v) is 14.6. The van der Waals surface area contributed by atoms with Gasteiger partial charge in [0.15, 0.2) is 23.2 Å². The van der Waals surface area contributed by atoms with E-state index in [9.17, 15) is 14.4 Å². The number of rotatable bonds is 11. The van der Waals surface area contributed by atoms with Gasteiger partial charge in [-0.25, -0.2) is 9.78 Å². The van der Waals surface area contributed by atoms with Crippen molar-refractivity contribution >= 4 is 28.6 Å². The number of hydrogen-bond donors (Lipinski definition) is 1. The summed E-state index contributed by atoms with van der Waals surface area (Å²) in [7, 11) is 1.40. The van der Waals surface area contributed by atoms with E-state index >= 15 is 0 Å². The van der Waals surface area contributed by atoms with Crippen LogP contribution in [-0.4, -0.2) is 74.8 Å². The second kappa shape index (κ2) is 15.5. The molecule has 236 valence electrons. The zero-order valence-electron chi connectivity index (χ0n) is 25.7. The number of cyclic esters (lactones) is 1. The molecule has 3 aromatic rings. The van der Waals surface area contributed by atoms with Crippen molar-refractivity contribution in [2.24, 2.45) is 11.8 Å². The van der Waals surface area contributed by atoms with Gasteiger partial charge in [-0.3, -0.25) is 9.59 Å². The number of methoxy groups -OCH3 is 1. The number of nitrogens with zero attached hydrogens (tertiary/aromatic N) is 1. The number of fused-ring (bicyclic) bond motifs is 1. The summed E-state index contributed by atoms with van der Waals surface area (Å²) in [4.78, 5) is 42.1. The van der Waals surface area contributed by atoms with Gasteiger partial charge in [0.1, 0.15) is 6.10 Å². The van der Waals surface area contributed by atoms with Crippen molar-refractivity contribution in [2.45, 2.75) is 52.4 Å². The van der Waals surface area contributed by atoms with Crippen molar-refractivity contribution < 1.29 is 42.8 Å². The number of carbonyl (C=O) groups excluding carboxylic acids is 3. The second-order valence-corrected chi connectivity index (χ2v) is 11.1. The van der Waals surface area contributed by atoms with E-state index in [2.05, 4.69) is 48.4 Å². The van der Waals surface area contributed by atoms with E-state index in [1.165, 1.54) is 26.3 Å². The third kappa shape index (κ3) is 8.45. The van der Waals surface area contributed by atoms with Crippen LogP contribution < -0.4 is 14.8 Å². The van der Waals surface area contributed by atoms with Crippen molar-refractivity contribution in [2.75, 3.05) is 33.7 Å². The third-order valence-electron chi connectivity index (χ3n) is 7.19. The second-order valence-electron chi connectivity index (χ2n) is 11.1. The molecule has 0 saturated carbocycles. The van der Waals surface area contributed by atoms with Gasteiger partial charge < -0.3 is 33.7 Å². The largest absolute Gasteiger partial charge is 0.493 e. The molecule has 1 N–H and O–H groups in total. The zero-order valence-corrected chi connectivity index (χ0v) is 25.7. The van der Waals surface area contributed by atoms with Gasteiger partial charge in [0.2, 0.25) is 6.79 Å². The number of amides is 1. The molecule has 0 radical (unpaired) electrons. The molecule has 1 aromatic heterocycles. The van der Waals surface area contributed by atoms with E-state index in [1.54, 1.807) is 6.92 Å². The number of nitrogens with one attached hydrogen (secondary N) is 1. The van der Waals surface area contributed by atoms with E-state index < -0.39 is 42.9 Å². The summed E-state index contributed by atoms with van der Waals surface area (Å²) >= 11 is 0. The fourth-order valence-electron chi connectivity index (χ4n) is 5.11. The van der Waals surface area contributed by atoms with E-state index in [0.717, 1.165) is 16.3 Å². The van der Waals surface area contributed by atoms with Crippen molar-refractivity contribution in [3.8, 4) is 11.5 Å². The Bertz CT molecular complexity index is 1440. The molecule has 4 atom stereocenters. The monoisotopic (exact) mass is 608 g/mol. The maximum absolute atomic E-state index is 13.4. The Morgan fingerprint density at radius 3 is 2.61 bits per heavy atom. The standard InChI is InChI=1S/C33H40N2O9/c1-20(2)16-41-30-21(3)44-33(38)27(18-40-17-25(30)15-24-11-8-10-23-9-6-7-12-26(23)24)35-32(37)29-31(43-19-42-22(4)36)28(39-5)13-14-34-29/h6-14,20-21,25,27,30H,15-19H2,1-5H3,(H,35,37)/t21-,25-,27-,30-/m0/s1. The molecule has 1 aliphatic rings. The first-order chi connectivity index (χ1) is 21.2. The minimum Gasteiger partial charge on any atom is -0.493 e. The molecule has 0 unspecified atom stereocenters. The molecule has 2 heterocycles. The highest BCUT2D eigenvalue weighted by atomic mass is 16.7. The lowest BCUT2D eigenvalue weighted by molar-refractivity contribution is -0.161. The number of carbonyl (C=O) groups is 3. The van der Waals surface area contributed by atoms with Crippen LogP contribution in [0.15, 0.2) is 54.7 Å². The van der Waals surface area contributed by atoms with Crippen LogP contribution in [0.4, 0.5) is 0 Å². The van der Waals surface area contributed by atoms with Gasteiger partial charge in [-0.1, -0.05) is 56.3 Å². The number of hydrogen-bond acceptors (Lipinski definition) is 10. The Morgan fingerprint density at radius 1 is 1.09 bits per heavy atom. The Hall–Kier alpha value is -4.22. The molecular formula is C33H40N2O9. The van der Waals surface area contributed by atoms with E-state index in [1.807, 2.05) is 18.2 Å². The van der Waals surface area contributed by atoms with Crippen LogP contribution >= 0.6 is 0 Å². The van der Waals surface area contributed by atoms with Gasteiger partial charge >= 0.3 is 11.9 Å². The Kier molecular flexibility index (Phi) is 11.5. The molecule has 0 bridgehead atoms.